The van der Waals surface area contributed by atoms with Gasteiger partial charge in [0.1, 0.15) is 0 Å². The fraction of sp³-hybridized carbons (Fsp3) is 0.667. The standard InChI is InChI=1S/C9H15N3O/c1-7(2)11-3-4-12-8(6-11)9(13)5-10-12/h5,7,13H,3-4,6H2,1-2H3. The molecule has 1 aliphatic heterocycles. The number of nitrogens with zero attached hydrogens (tertiary/aromatic N) is 3. The molecule has 0 aliphatic carbocycles. The van der Waals surface area contributed by atoms with Crippen LogP contribution in [-0.2, 0) is 13.1 Å². The van der Waals surface area contributed by atoms with Crippen LogP contribution in [0.15, 0.2) is 6.20 Å². The molecule has 1 aliphatic rings. The largest absolute Gasteiger partial charge is 0.504 e. The van der Waals surface area contributed by atoms with Crippen LogP contribution in [-0.4, -0.2) is 32.4 Å². The van der Waals surface area contributed by atoms with Crippen molar-refractivity contribution in [2.24, 2.45) is 0 Å². The minimum atomic E-state index is 0.324. The van der Waals surface area contributed by atoms with Gasteiger partial charge in [-0.05, 0) is 13.8 Å². The van der Waals surface area contributed by atoms with E-state index in [9.17, 15) is 5.11 Å². The molecule has 0 fully saturated rings. The molecule has 0 unspecified atom stereocenters. The predicted octanol–water partition coefficient (Wildman–Crippen LogP) is 0.813. The molecule has 0 saturated carbocycles. The Labute approximate surface area is 77.8 Å². The first-order valence-electron chi connectivity index (χ1n) is 4.66. The van der Waals surface area contributed by atoms with Gasteiger partial charge in [0.05, 0.1) is 18.4 Å². The van der Waals surface area contributed by atoms with Crippen molar-refractivity contribution in [1.29, 1.82) is 0 Å². The van der Waals surface area contributed by atoms with Gasteiger partial charge in [-0.2, -0.15) is 5.10 Å². The molecule has 72 valence electrons. The van der Waals surface area contributed by atoms with E-state index in [-0.39, 0.29) is 0 Å². The van der Waals surface area contributed by atoms with Crippen LogP contribution in [0.3, 0.4) is 0 Å². The highest BCUT2D eigenvalue weighted by molar-refractivity contribution is 5.24. The van der Waals surface area contributed by atoms with Crippen molar-refractivity contribution >= 4 is 0 Å². The Hall–Kier alpha value is -1.03. The van der Waals surface area contributed by atoms with Crippen molar-refractivity contribution < 1.29 is 5.11 Å². The van der Waals surface area contributed by atoms with Crippen LogP contribution in [0.2, 0.25) is 0 Å². The number of fused-ring (bicyclic) bond motifs is 1. The molecule has 13 heavy (non-hydrogen) atoms. The normalized spacial score (nSPS) is 17.8. The molecule has 4 heteroatoms. The third-order valence-corrected chi connectivity index (χ3v) is 2.61. The molecule has 1 N–H and O–H groups in total. The van der Waals surface area contributed by atoms with E-state index in [1.807, 2.05) is 4.68 Å². The Kier molecular flexibility index (Phi) is 2.00. The van der Waals surface area contributed by atoms with Crippen molar-refractivity contribution in [2.75, 3.05) is 6.54 Å². The molecule has 0 atom stereocenters. The fourth-order valence-corrected chi connectivity index (χ4v) is 1.69. The van der Waals surface area contributed by atoms with Crippen molar-refractivity contribution in [3.63, 3.8) is 0 Å². The summed E-state index contributed by atoms with van der Waals surface area (Å²) >= 11 is 0. The van der Waals surface area contributed by atoms with Crippen LogP contribution >= 0.6 is 0 Å². The molecule has 1 aromatic rings. The molecule has 2 heterocycles. The quantitative estimate of drug-likeness (QED) is 0.697. The van der Waals surface area contributed by atoms with E-state index in [1.54, 1.807) is 0 Å². The summed E-state index contributed by atoms with van der Waals surface area (Å²) in [5, 5.41) is 13.6. The Balaban J connectivity index is 2.22. The lowest BCUT2D eigenvalue weighted by atomic mass is 10.2. The maximum Gasteiger partial charge on any atom is 0.158 e. The molecule has 0 amide bonds. The second-order valence-corrected chi connectivity index (χ2v) is 3.76. The van der Waals surface area contributed by atoms with Gasteiger partial charge in [0.2, 0.25) is 0 Å². The second-order valence-electron chi connectivity index (χ2n) is 3.76. The smallest absolute Gasteiger partial charge is 0.158 e. The van der Waals surface area contributed by atoms with Gasteiger partial charge >= 0.3 is 0 Å². The van der Waals surface area contributed by atoms with Gasteiger partial charge < -0.3 is 5.11 Å². The number of aromatic hydroxyl groups is 1. The highest BCUT2D eigenvalue weighted by Gasteiger charge is 2.21. The fourth-order valence-electron chi connectivity index (χ4n) is 1.69. The van der Waals surface area contributed by atoms with Crippen molar-refractivity contribution in [3.8, 4) is 5.75 Å². The second kappa shape index (κ2) is 3.03. The topological polar surface area (TPSA) is 41.3 Å². The summed E-state index contributed by atoms with van der Waals surface area (Å²) in [5.74, 6) is 0.324. The van der Waals surface area contributed by atoms with Crippen molar-refractivity contribution in [1.82, 2.24) is 14.7 Å². The zero-order chi connectivity index (χ0) is 9.42. The first kappa shape index (κ1) is 8.56. The van der Waals surface area contributed by atoms with Gasteiger partial charge in [-0.25, -0.2) is 0 Å². The van der Waals surface area contributed by atoms with Crippen LogP contribution in [0.1, 0.15) is 19.5 Å². The predicted molar refractivity (Wildman–Crippen MR) is 49.4 cm³/mol. The van der Waals surface area contributed by atoms with E-state index in [2.05, 4.69) is 23.8 Å². The molecule has 0 saturated heterocycles. The van der Waals surface area contributed by atoms with E-state index in [4.69, 9.17) is 0 Å². The highest BCUT2D eigenvalue weighted by Crippen LogP contribution is 2.22. The number of aromatic nitrogens is 2. The first-order valence-corrected chi connectivity index (χ1v) is 4.66. The van der Waals surface area contributed by atoms with Crippen molar-refractivity contribution in [2.45, 2.75) is 33.0 Å². The van der Waals surface area contributed by atoms with Gasteiger partial charge in [0, 0.05) is 19.1 Å². The van der Waals surface area contributed by atoms with Gasteiger partial charge in [0.15, 0.2) is 5.75 Å². The Morgan fingerprint density at radius 1 is 1.46 bits per heavy atom. The van der Waals surface area contributed by atoms with E-state index >= 15 is 0 Å². The molecule has 0 bridgehead atoms. The third kappa shape index (κ3) is 1.42. The number of hydrogen-bond donors (Lipinski definition) is 1. The number of hydrogen-bond acceptors (Lipinski definition) is 3. The number of rotatable bonds is 1. The first-order chi connectivity index (χ1) is 6.18. The van der Waals surface area contributed by atoms with Gasteiger partial charge in [-0.3, -0.25) is 9.58 Å². The van der Waals surface area contributed by atoms with Gasteiger partial charge in [0.25, 0.3) is 0 Å². The third-order valence-electron chi connectivity index (χ3n) is 2.61. The molecule has 2 rings (SSSR count). The summed E-state index contributed by atoms with van der Waals surface area (Å²) in [6.45, 7) is 7.05. The molecule has 1 aromatic heterocycles. The van der Waals surface area contributed by atoms with Crippen LogP contribution in [0, 0.1) is 0 Å². The summed E-state index contributed by atoms with van der Waals surface area (Å²) in [6, 6.07) is 0.531. The summed E-state index contributed by atoms with van der Waals surface area (Å²) < 4.78 is 1.88. The van der Waals surface area contributed by atoms with Crippen LogP contribution < -0.4 is 0 Å². The van der Waals surface area contributed by atoms with Gasteiger partial charge in [-0.1, -0.05) is 0 Å². The summed E-state index contributed by atoms with van der Waals surface area (Å²) in [7, 11) is 0. The summed E-state index contributed by atoms with van der Waals surface area (Å²) in [4.78, 5) is 2.33. The maximum absolute atomic E-state index is 9.49. The molecular formula is C9H15N3O. The zero-order valence-electron chi connectivity index (χ0n) is 8.06. The summed E-state index contributed by atoms with van der Waals surface area (Å²) in [5.41, 5.74) is 0.944. The Morgan fingerprint density at radius 3 is 2.92 bits per heavy atom. The lowest BCUT2D eigenvalue weighted by molar-refractivity contribution is 0.168. The van der Waals surface area contributed by atoms with E-state index in [0.29, 0.717) is 11.8 Å². The van der Waals surface area contributed by atoms with Crippen molar-refractivity contribution in [3.05, 3.63) is 11.9 Å². The minimum Gasteiger partial charge on any atom is -0.504 e. The van der Waals surface area contributed by atoms with Gasteiger partial charge in [-0.15, -0.1) is 0 Å². The molecular weight excluding hydrogens is 166 g/mol. The Bertz CT molecular complexity index is 306. The lowest BCUT2D eigenvalue weighted by Gasteiger charge is -2.30. The van der Waals surface area contributed by atoms with Crippen LogP contribution in [0.5, 0.6) is 5.75 Å². The van der Waals surface area contributed by atoms with E-state index in [0.717, 1.165) is 25.3 Å². The Morgan fingerprint density at radius 2 is 2.23 bits per heavy atom. The molecule has 0 radical (unpaired) electrons. The average molecular weight is 181 g/mol. The van der Waals surface area contributed by atoms with E-state index in [1.165, 1.54) is 6.20 Å². The lowest BCUT2D eigenvalue weighted by Crippen LogP contribution is -2.38. The minimum absolute atomic E-state index is 0.324. The highest BCUT2D eigenvalue weighted by atomic mass is 16.3. The monoisotopic (exact) mass is 181 g/mol. The average Bonchev–Trinajstić information content (AvgIpc) is 2.47. The zero-order valence-corrected chi connectivity index (χ0v) is 8.06. The maximum atomic E-state index is 9.49. The summed E-state index contributed by atoms with van der Waals surface area (Å²) in [6.07, 6.45) is 1.53. The van der Waals surface area contributed by atoms with Crippen LogP contribution in [0.4, 0.5) is 0 Å². The van der Waals surface area contributed by atoms with Crippen LogP contribution in [0.25, 0.3) is 0 Å². The molecule has 0 aromatic carbocycles. The SMILES string of the molecule is CC(C)N1CCn2ncc(O)c2C1. The molecule has 4 nitrogen and oxygen atoms in total. The molecule has 0 spiro atoms. The van der Waals surface area contributed by atoms with E-state index < -0.39 is 0 Å².